The highest BCUT2D eigenvalue weighted by molar-refractivity contribution is 5.99. The van der Waals surface area contributed by atoms with Crippen molar-refractivity contribution in [2.45, 2.75) is 20.1 Å². The van der Waals surface area contributed by atoms with Crippen LogP contribution in [0.25, 0.3) is 0 Å². The van der Waals surface area contributed by atoms with Gasteiger partial charge in [0.15, 0.2) is 6.29 Å². The molecule has 1 aliphatic heterocycles. The van der Waals surface area contributed by atoms with Crippen molar-refractivity contribution in [3.05, 3.63) is 0 Å². The molecule has 0 aliphatic carbocycles. The van der Waals surface area contributed by atoms with Crippen molar-refractivity contribution in [3.63, 3.8) is 0 Å². The molecule has 1 saturated heterocycles. The summed E-state index contributed by atoms with van der Waals surface area (Å²) in [6.45, 7) is 5.68. The Morgan fingerprint density at radius 2 is 1.69 bits per heavy atom. The molecule has 0 unspecified atom stereocenters. The zero-order valence-electron chi connectivity index (χ0n) is 9.69. The summed E-state index contributed by atoms with van der Waals surface area (Å²) in [5.41, 5.74) is 0. The van der Waals surface area contributed by atoms with Crippen molar-refractivity contribution < 1.29 is 19.1 Å². The van der Waals surface area contributed by atoms with Crippen LogP contribution >= 0.6 is 0 Å². The summed E-state index contributed by atoms with van der Waals surface area (Å²) in [7, 11) is 0. The lowest BCUT2D eigenvalue weighted by Gasteiger charge is -2.28. The van der Waals surface area contributed by atoms with Gasteiger partial charge in [-0.15, -0.1) is 0 Å². The Kier molecular flexibility index (Phi) is 5.37. The zero-order valence-corrected chi connectivity index (χ0v) is 9.69. The molecule has 0 radical (unpaired) electrons. The van der Waals surface area contributed by atoms with Crippen LogP contribution in [0.4, 0.5) is 0 Å². The molecular formula is C10H18N2O4. The minimum Gasteiger partial charge on any atom is -0.352 e. The highest BCUT2D eigenvalue weighted by atomic mass is 16.7. The molecule has 6 nitrogen and oxygen atoms in total. The van der Waals surface area contributed by atoms with Crippen LogP contribution in [0.2, 0.25) is 0 Å². The van der Waals surface area contributed by atoms with E-state index in [0.717, 1.165) is 0 Å². The molecule has 1 heterocycles. The van der Waals surface area contributed by atoms with Crippen molar-refractivity contribution >= 4 is 11.8 Å². The Morgan fingerprint density at radius 3 is 2.12 bits per heavy atom. The number of ether oxygens (including phenoxy) is 2. The molecule has 1 fully saturated rings. The number of piperazine rings is 1. The van der Waals surface area contributed by atoms with Crippen LogP contribution in [-0.4, -0.2) is 55.9 Å². The number of hydrogen-bond acceptors (Lipinski definition) is 5. The molecule has 16 heavy (non-hydrogen) atoms. The van der Waals surface area contributed by atoms with Gasteiger partial charge in [-0.05, 0) is 13.8 Å². The number of carbonyl (C=O) groups is 2. The molecule has 2 amide bonds. The predicted octanol–water partition coefficient (Wildman–Crippen LogP) is -0.656. The van der Waals surface area contributed by atoms with Crippen LogP contribution in [0.3, 0.4) is 0 Å². The second kappa shape index (κ2) is 6.57. The number of nitrogens with zero attached hydrogens (tertiary/aromatic N) is 1. The molecule has 92 valence electrons. The van der Waals surface area contributed by atoms with Gasteiger partial charge in [0, 0.05) is 13.2 Å². The fourth-order valence-corrected chi connectivity index (χ4v) is 1.56. The van der Waals surface area contributed by atoms with Gasteiger partial charge in [0.25, 0.3) is 0 Å². The van der Waals surface area contributed by atoms with Crippen molar-refractivity contribution in [2.75, 3.05) is 32.8 Å². The predicted molar refractivity (Wildman–Crippen MR) is 56.6 cm³/mol. The van der Waals surface area contributed by atoms with E-state index in [-0.39, 0.29) is 31.2 Å². The number of imide groups is 1. The Balaban J connectivity index is 2.43. The molecule has 1 N–H and O–H groups in total. The highest BCUT2D eigenvalue weighted by Gasteiger charge is 2.24. The van der Waals surface area contributed by atoms with E-state index in [1.807, 2.05) is 13.8 Å². The largest absolute Gasteiger partial charge is 0.352 e. The van der Waals surface area contributed by atoms with Crippen LogP contribution in [0, 0.1) is 0 Å². The lowest BCUT2D eigenvalue weighted by Crippen LogP contribution is -2.53. The van der Waals surface area contributed by atoms with Gasteiger partial charge in [-0.2, -0.15) is 0 Å². The van der Waals surface area contributed by atoms with Crippen LogP contribution in [0.15, 0.2) is 0 Å². The fraction of sp³-hybridized carbons (Fsp3) is 0.800. The first-order valence-electron chi connectivity index (χ1n) is 5.44. The average molecular weight is 230 g/mol. The van der Waals surface area contributed by atoms with Crippen LogP contribution in [0.1, 0.15) is 13.8 Å². The third kappa shape index (κ3) is 4.26. The molecule has 0 spiro atoms. The normalized spacial score (nSPS) is 17.9. The lowest BCUT2D eigenvalue weighted by molar-refractivity contribution is -0.154. The molecular weight excluding hydrogens is 212 g/mol. The first-order valence-corrected chi connectivity index (χ1v) is 5.44. The highest BCUT2D eigenvalue weighted by Crippen LogP contribution is 2.02. The third-order valence-corrected chi connectivity index (χ3v) is 2.13. The van der Waals surface area contributed by atoms with Gasteiger partial charge in [0.2, 0.25) is 11.8 Å². The minimum atomic E-state index is -0.381. The fourth-order valence-electron chi connectivity index (χ4n) is 1.56. The smallest absolute Gasteiger partial charge is 0.240 e. The molecule has 0 aromatic heterocycles. The molecule has 1 rings (SSSR count). The molecule has 0 saturated carbocycles. The van der Waals surface area contributed by atoms with Crippen molar-refractivity contribution in [1.82, 2.24) is 10.2 Å². The summed E-state index contributed by atoms with van der Waals surface area (Å²) in [5, 5.41) is 2.25. The lowest BCUT2D eigenvalue weighted by atomic mass is 10.3. The topological polar surface area (TPSA) is 67.9 Å². The van der Waals surface area contributed by atoms with Gasteiger partial charge in [-0.3, -0.25) is 19.8 Å². The molecule has 0 aromatic carbocycles. The van der Waals surface area contributed by atoms with E-state index in [4.69, 9.17) is 9.47 Å². The van der Waals surface area contributed by atoms with Gasteiger partial charge < -0.3 is 9.47 Å². The maximum absolute atomic E-state index is 11.1. The second-order valence-electron chi connectivity index (χ2n) is 3.48. The summed E-state index contributed by atoms with van der Waals surface area (Å²) in [5.74, 6) is -0.550. The van der Waals surface area contributed by atoms with Crippen molar-refractivity contribution in [3.8, 4) is 0 Å². The van der Waals surface area contributed by atoms with E-state index in [1.165, 1.54) is 0 Å². The Morgan fingerprint density at radius 1 is 1.19 bits per heavy atom. The van der Waals surface area contributed by atoms with Crippen LogP contribution < -0.4 is 5.32 Å². The van der Waals surface area contributed by atoms with Gasteiger partial charge in [-0.25, -0.2) is 0 Å². The van der Waals surface area contributed by atoms with E-state index in [0.29, 0.717) is 19.8 Å². The van der Waals surface area contributed by atoms with E-state index in [2.05, 4.69) is 5.32 Å². The van der Waals surface area contributed by atoms with Crippen LogP contribution in [-0.2, 0) is 19.1 Å². The van der Waals surface area contributed by atoms with E-state index >= 15 is 0 Å². The Hall–Kier alpha value is -0.980. The maximum atomic E-state index is 11.1. The first-order chi connectivity index (χ1) is 7.65. The summed E-state index contributed by atoms with van der Waals surface area (Å²) in [6, 6.07) is 0. The number of amides is 2. The van der Waals surface area contributed by atoms with Crippen molar-refractivity contribution in [1.29, 1.82) is 0 Å². The number of hydrogen-bond donors (Lipinski definition) is 1. The maximum Gasteiger partial charge on any atom is 0.240 e. The Labute approximate surface area is 94.9 Å². The van der Waals surface area contributed by atoms with Gasteiger partial charge in [0.05, 0.1) is 19.6 Å². The van der Waals surface area contributed by atoms with Gasteiger partial charge in [0.1, 0.15) is 0 Å². The third-order valence-electron chi connectivity index (χ3n) is 2.13. The first kappa shape index (κ1) is 13.1. The average Bonchev–Trinajstić information content (AvgIpc) is 2.16. The van der Waals surface area contributed by atoms with Gasteiger partial charge in [-0.1, -0.05) is 0 Å². The van der Waals surface area contributed by atoms with E-state index < -0.39 is 0 Å². The standard InChI is InChI=1S/C10H18N2O4/c1-3-15-10(16-4-2)7-12-5-8(13)11-9(14)6-12/h10H,3-7H2,1-2H3,(H,11,13,14). The quantitative estimate of drug-likeness (QED) is 0.485. The minimum absolute atomic E-state index is 0.211. The number of rotatable bonds is 6. The molecule has 0 aromatic rings. The second-order valence-corrected chi connectivity index (χ2v) is 3.48. The molecule has 1 aliphatic rings. The van der Waals surface area contributed by atoms with Gasteiger partial charge >= 0.3 is 0 Å². The summed E-state index contributed by atoms with van der Waals surface area (Å²) in [6.07, 6.45) is -0.381. The summed E-state index contributed by atoms with van der Waals surface area (Å²) >= 11 is 0. The SMILES string of the molecule is CCOC(CN1CC(=O)NC(=O)C1)OCC. The molecule has 0 bridgehead atoms. The van der Waals surface area contributed by atoms with E-state index in [9.17, 15) is 9.59 Å². The van der Waals surface area contributed by atoms with E-state index in [1.54, 1.807) is 4.90 Å². The number of nitrogens with one attached hydrogen (secondary N) is 1. The van der Waals surface area contributed by atoms with Crippen LogP contribution in [0.5, 0.6) is 0 Å². The monoisotopic (exact) mass is 230 g/mol. The van der Waals surface area contributed by atoms with Crippen molar-refractivity contribution in [2.24, 2.45) is 0 Å². The molecule has 6 heteroatoms. The summed E-state index contributed by atoms with van der Waals surface area (Å²) < 4.78 is 10.7. The summed E-state index contributed by atoms with van der Waals surface area (Å²) in [4.78, 5) is 24.0. The number of carbonyl (C=O) groups excluding carboxylic acids is 2. The molecule has 0 atom stereocenters. The zero-order chi connectivity index (χ0) is 12.0. The Bertz CT molecular complexity index is 235.